The Labute approximate surface area is 165 Å². The highest BCUT2D eigenvalue weighted by Crippen LogP contribution is 2.23. The summed E-state index contributed by atoms with van der Waals surface area (Å²) >= 11 is 0. The quantitative estimate of drug-likeness (QED) is 0.453. The maximum atomic E-state index is 11.9. The molecule has 1 amide bonds. The van der Waals surface area contributed by atoms with Gasteiger partial charge in [-0.05, 0) is 43.3 Å². The highest BCUT2D eigenvalue weighted by Gasteiger charge is 2.13. The molecule has 10 nitrogen and oxygen atoms in total. The van der Waals surface area contributed by atoms with Crippen molar-refractivity contribution in [2.75, 3.05) is 13.7 Å². The zero-order valence-corrected chi connectivity index (χ0v) is 15.7. The van der Waals surface area contributed by atoms with E-state index in [0.29, 0.717) is 22.9 Å². The van der Waals surface area contributed by atoms with Crippen molar-refractivity contribution in [3.8, 4) is 22.9 Å². The lowest BCUT2D eigenvalue weighted by Crippen LogP contribution is -2.28. The van der Waals surface area contributed by atoms with Gasteiger partial charge in [0.25, 0.3) is 11.6 Å². The van der Waals surface area contributed by atoms with Crippen LogP contribution < -0.4 is 14.8 Å². The molecule has 0 unspecified atom stereocenters. The van der Waals surface area contributed by atoms with Crippen LogP contribution in [-0.2, 0) is 11.3 Å². The molecule has 0 atom stereocenters. The number of aromatic nitrogens is 2. The Morgan fingerprint density at radius 2 is 1.93 bits per heavy atom. The molecule has 3 aromatic rings. The minimum atomic E-state index is -0.476. The molecule has 0 bridgehead atoms. The second-order valence-electron chi connectivity index (χ2n) is 6.01. The lowest BCUT2D eigenvalue weighted by molar-refractivity contribution is -0.385. The molecule has 1 heterocycles. The molecular weight excluding hydrogens is 380 g/mol. The summed E-state index contributed by atoms with van der Waals surface area (Å²) in [6.45, 7) is 1.39. The van der Waals surface area contributed by atoms with E-state index in [1.165, 1.54) is 18.2 Å². The van der Waals surface area contributed by atoms with E-state index in [1.807, 2.05) is 0 Å². The zero-order chi connectivity index (χ0) is 20.8. The fraction of sp³-hybridized carbons (Fsp3) is 0.211. The number of rotatable bonds is 8. The van der Waals surface area contributed by atoms with Crippen molar-refractivity contribution in [1.82, 2.24) is 15.5 Å². The number of nitro benzene ring substituents is 1. The molecular formula is C19H18N4O6. The van der Waals surface area contributed by atoms with Crippen LogP contribution in [0.25, 0.3) is 11.4 Å². The fourth-order valence-electron chi connectivity index (χ4n) is 2.48. The Kier molecular flexibility index (Phi) is 6.03. The van der Waals surface area contributed by atoms with Crippen molar-refractivity contribution in [3.63, 3.8) is 0 Å². The fourth-order valence-corrected chi connectivity index (χ4v) is 2.48. The predicted molar refractivity (Wildman–Crippen MR) is 101 cm³/mol. The van der Waals surface area contributed by atoms with Crippen LogP contribution in [0.3, 0.4) is 0 Å². The number of nitrogens with one attached hydrogen (secondary N) is 1. The summed E-state index contributed by atoms with van der Waals surface area (Å²) in [7, 11) is 1.58. The minimum absolute atomic E-state index is 0.00846. The van der Waals surface area contributed by atoms with E-state index in [0.717, 1.165) is 5.56 Å². The number of nitro groups is 1. The normalized spacial score (nSPS) is 10.4. The first-order valence-corrected chi connectivity index (χ1v) is 8.58. The Hall–Kier alpha value is -3.95. The predicted octanol–water partition coefficient (Wildman–Crippen LogP) is 2.66. The summed E-state index contributed by atoms with van der Waals surface area (Å²) in [5.74, 6) is 1.32. The Morgan fingerprint density at radius 1 is 1.21 bits per heavy atom. The van der Waals surface area contributed by atoms with E-state index >= 15 is 0 Å². The molecule has 1 N–H and O–H groups in total. The Bertz CT molecular complexity index is 1020. The van der Waals surface area contributed by atoms with Gasteiger partial charge < -0.3 is 19.3 Å². The molecule has 3 rings (SSSR count). The van der Waals surface area contributed by atoms with Crippen LogP contribution in [0, 0.1) is 17.0 Å². The summed E-state index contributed by atoms with van der Waals surface area (Å²) in [6, 6.07) is 11.4. The van der Waals surface area contributed by atoms with Crippen molar-refractivity contribution in [2.24, 2.45) is 0 Å². The molecule has 150 valence electrons. The zero-order valence-electron chi connectivity index (χ0n) is 15.7. The third-order valence-corrected chi connectivity index (χ3v) is 3.99. The molecule has 0 radical (unpaired) electrons. The van der Waals surface area contributed by atoms with Crippen molar-refractivity contribution in [1.29, 1.82) is 0 Å². The number of carbonyl (C=O) groups excluding carboxylic acids is 1. The van der Waals surface area contributed by atoms with Gasteiger partial charge in [-0.25, -0.2) is 0 Å². The van der Waals surface area contributed by atoms with Gasteiger partial charge in [-0.3, -0.25) is 14.9 Å². The maximum Gasteiger partial charge on any atom is 0.272 e. The van der Waals surface area contributed by atoms with Gasteiger partial charge in [0.2, 0.25) is 11.7 Å². The monoisotopic (exact) mass is 398 g/mol. The van der Waals surface area contributed by atoms with E-state index in [4.69, 9.17) is 14.0 Å². The molecule has 0 spiro atoms. The number of carbonyl (C=O) groups is 1. The summed E-state index contributed by atoms with van der Waals surface area (Å²) in [5.41, 5.74) is 1.19. The smallest absolute Gasteiger partial charge is 0.272 e. The average Bonchev–Trinajstić information content (AvgIpc) is 3.19. The molecule has 0 saturated carbocycles. The number of benzene rings is 2. The van der Waals surface area contributed by atoms with Gasteiger partial charge >= 0.3 is 0 Å². The summed E-state index contributed by atoms with van der Waals surface area (Å²) in [6.07, 6.45) is 0. The van der Waals surface area contributed by atoms with Crippen LogP contribution in [0.5, 0.6) is 11.5 Å². The number of methoxy groups -OCH3 is 1. The number of hydrogen-bond donors (Lipinski definition) is 1. The highest BCUT2D eigenvalue weighted by molar-refractivity contribution is 5.77. The second-order valence-corrected chi connectivity index (χ2v) is 6.01. The van der Waals surface area contributed by atoms with Gasteiger partial charge in [-0.15, -0.1) is 0 Å². The summed E-state index contributed by atoms with van der Waals surface area (Å²) in [4.78, 5) is 26.5. The van der Waals surface area contributed by atoms with Crippen molar-refractivity contribution in [2.45, 2.75) is 13.5 Å². The van der Waals surface area contributed by atoms with Crippen LogP contribution in [0.2, 0.25) is 0 Å². The molecule has 0 aliphatic carbocycles. The van der Waals surface area contributed by atoms with Crippen LogP contribution in [0.15, 0.2) is 47.0 Å². The third kappa shape index (κ3) is 5.06. The summed E-state index contributed by atoms with van der Waals surface area (Å²) < 4.78 is 15.6. The molecule has 0 saturated heterocycles. The maximum absolute atomic E-state index is 11.9. The van der Waals surface area contributed by atoms with Gasteiger partial charge in [0.15, 0.2) is 6.61 Å². The lowest BCUT2D eigenvalue weighted by Gasteiger charge is -2.07. The number of aryl methyl sites for hydroxylation is 1. The Morgan fingerprint density at radius 3 is 2.59 bits per heavy atom. The molecule has 1 aromatic heterocycles. The first-order chi connectivity index (χ1) is 14.0. The second kappa shape index (κ2) is 8.83. The van der Waals surface area contributed by atoms with Crippen LogP contribution >= 0.6 is 0 Å². The van der Waals surface area contributed by atoms with Crippen molar-refractivity contribution in [3.05, 3.63) is 64.0 Å². The van der Waals surface area contributed by atoms with E-state index < -0.39 is 10.8 Å². The molecule has 0 aliphatic rings. The van der Waals surface area contributed by atoms with Crippen LogP contribution in [0.1, 0.15) is 11.5 Å². The SMILES string of the molecule is COc1ccc(-c2noc(CNC(=O)COc3ccc([N+](=O)[O-])c(C)c3)n2)cc1. The van der Waals surface area contributed by atoms with Gasteiger partial charge in [-0.1, -0.05) is 5.16 Å². The van der Waals surface area contributed by atoms with E-state index in [-0.39, 0.29) is 24.7 Å². The van der Waals surface area contributed by atoms with Crippen molar-refractivity contribution >= 4 is 11.6 Å². The van der Waals surface area contributed by atoms with Gasteiger partial charge in [0, 0.05) is 17.2 Å². The summed E-state index contributed by atoms with van der Waals surface area (Å²) in [5, 5.41) is 17.3. The molecule has 10 heteroatoms. The van der Waals surface area contributed by atoms with Crippen molar-refractivity contribution < 1.29 is 23.7 Å². The van der Waals surface area contributed by atoms with E-state index in [2.05, 4.69) is 15.5 Å². The first-order valence-electron chi connectivity index (χ1n) is 8.58. The standard InChI is InChI=1S/C19H18N4O6/c1-12-9-15(7-8-16(12)23(25)26)28-11-17(24)20-10-18-21-19(22-29-18)13-3-5-14(27-2)6-4-13/h3-9H,10-11H2,1-2H3,(H,20,24). The number of nitrogens with zero attached hydrogens (tertiary/aromatic N) is 3. The molecule has 2 aromatic carbocycles. The topological polar surface area (TPSA) is 130 Å². The van der Waals surface area contributed by atoms with Crippen LogP contribution in [0.4, 0.5) is 5.69 Å². The van der Waals surface area contributed by atoms with Gasteiger partial charge in [0.1, 0.15) is 11.5 Å². The third-order valence-electron chi connectivity index (χ3n) is 3.99. The largest absolute Gasteiger partial charge is 0.497 e. The minimum Gasteiger partial charge on any atom is -0.497 e. The number of ether oxygens (including phenoxy) is 2. The van der Waals surface area contributed by atoms with E-state index in [1.54, 1.807) is 38.3 Å². The number of hydrogen-bond acceptors (Lipinski definition) is 8. The number of amides is 1. The highest BCUT2D eigenvalue weighted by atomic mass is 16.6. The Balaban J connectivity index is 1.50. The molecule has 0 fully saturated rings. The first kappa shape index (κ1) is 19.8. The van der Waals surface area contributed by atoms with Gasteiger partial charge in [-0.2, -0.15) is 4.98 Å². The average molecular weight is 398 g/mol. The molecule has 29 heavy (non-hydrogen) atoms. The van der Waals surface area contributed by atoms with Crippen LogP contribution in [-0.4, -0.2) is 34.7 Å². The lowest BCUT2D eigenvalue weighted by atomic mass is 10.2. The van der Waals surface area contributed by atoms with E-state index in [9.17, 15) is 14.9 Å². The van der Waals surface area contributed by atoms with Gasteiger partial charge in [0.05, 0.1) is 18.6 Å². The molecule has 0 aliphatic heterocycles.